The zero-order chi connectivity index (χ0) is 23.9. The number of thiazole rings is 1. The van der Waals surface area contributed by atoms with Gasteiger partial charge in [0.1, 0.15) is 16.0 Å². The van der Waals surface area contributed by atoms with E-state index in [1.54, 1.807) is 17.9 Å². The summed E-state index contributed by atoms with van der Waals surface area (Å²) < 4.78 is 11.6. The number of nitrogens with zero attached hydrogens (tertiary/aromatic N) is 4. The first-order chi connectivity index (χ1) is 16.2. The van der Waals surface area contributed by atoms with E-state index in [-0.39, 0.29) is 6.42 Å². The number of hydrogen-bond acceptors (Lipinski definition) is 10. The number of nitrogens with one attached hydrogen (secondary N) is 2. The number of morpholine rings is 1. The smallest absolute Gasteiger partial charge is 0.328 e. The normalized spacial score (nSPS) is 28.0. The van der Waals surface area contributed by atoms with Crippen molar-refractivity contribution >= 4 is 57.6 Å². The van der Waals surface area contributed by atoms with Gasteiger partial charge in [-0.3, -0.25) is 20.2 Å². The van der Waals surface area contributed by atoms with Crippen LogP contribution in [0, 0.1) is 12.3 Å². The molecule has 4 amide bonds. The van der Waals surface area contributed by atoms with Crippen molar-refractivity contribution in [2.75, 3.05) is 4.90 Å². The molecule has 3 aromatic rings. The number of urea groups is 1. The number of anilines is 1. The molecule has 0 bridgehead atoms. The zero-order valence-corrected chi connectivity index (χ0v) is 19.9. The van der Waals surface area contributed by atoms with E-state index in [2.05, 4.69) is 20.8 Å². The third-order valence-electron chi connectivity index (χ3n) is 6.65. The predicted octanol–water partition coefficient (Wildman–Crippen LogP) is 2.11. The minimum Gasteiger partial charge on any atom is -0.370 e. The molecule has 0 aromatic carbocycles. The number of imide groups is 2. The van der Waals surface area contributed by atoms with Gasteiger partial charge in [0.25, 0.3) is 0 Å². The molecule has 0 saturated carbocycles. The van der Waals surface area contributed by atoms with Crippen LogP contribution in [-0.2, 0) is 20.7 Å². The van der Waals surface area contributed by atoms with Gasteiger partial charge in [-0.25, -0.2) is 14.8 Å². The number of amides is 4. The minimum absolute atomic E-state index is 0.0579. The van der Waals surface area contributed by atoms with Crippen LogP contribution in [0.1, 0.15) is 25.2 Å². The summed E-state index contributed by atoms with van der Waals surface area (Å²) in [5.41, 5.74) is 0.925. The fourth-order valence-corrected chi connectivity index (χ4v) is 6.29. The topological polar surface area (TPSA) is 140 Å². The summed E-state index contributed by atoms with van der Waals surface area (Å²) in [5.74, 6) is -1.42. The van der Waals surface area contributed by atoms with E-state index in [1.807, 2.05) is 19.2 Å². The molecule has 6 heterocycles. The SMILES string of the molecule is Cc1csc(-c2noc3cc4c(nc23)CC2(C(=O)NC(=O)NC2=O)[C@H]2[C@H](C)O[C@H](C)C(Cl)N42)n1. The molecule has 3 aliphatic rings. The first-order valence-electron chi connectivity index (χ1n) is 10.7. The number of fused-ring (bicyclic) bond motifs is 5. The molecule has 0 radical (unpaired) electrons. The minimum atomic E-state index is -1.68. The summed E-state index contributed by atoms with van der Waals surface area (Å²) in [6.07, 6.45) is -1.02. The van der Waals surface area contributed by atoms with Crippen LogP contribution in [0.4, 0.5) is 10.5 Å². The van der Waals surface area contributed by atoms with Crippen LogP contribution >= 0.6 is 22.9 Å². The Morgan fingerprint density at radius 3 is 2.59 bits per heavy atom. The summed E-state index contributed by atoms with van der Waals surface area (Å²) >= 11 is 8.22. The Labute approximate surface area is 201 Å². The van der Waals surface area contributed by atoms with Gasteiger partial charge >= 0.3 is 6.03 Å². The highest BCUT2D eigenvalue weighted by molar-refractivity contribution is 7.13. The molecule has 3 aromatic heterocycles. The van der Waals surface area contributed by atoms with Crippen LogP contribution in [-0.4, -0.2) is 56.7 Å². The van der Waals surface area contributed by atoms with Crippen LogP contribution in [0.15, 0.2) is 16.0 Å². The summed E-state index contributed by atoms with van der Waals surface area (Å²) in [5, 5.41) is 11.2. The Hall–Kier alpha value is -3.09. The lowest BCUT2D eigenvalue weighted by Gasteiger charge is -2.56. The second-order valence-corrected chi connectivity index (χ2v) is 10.1. The van der Waals surface area contributed by atoms with Gasteiger partial charge in [-0.2, -0.15) is 0 Å². The Morgan fingerprint density at radius 1 is 1.18 bits per heavy atom. The maximum Gasteiger partial charge on any atom is 0.328 e. The first-order valence-corrected chi connectivity index (χ1v) is 12.0. The number of aryl methyl sites for hydroxylation is 1. The number of rotatable bonds is 1. The third kappa shape index (κ3) is 2.79. The van der Waals surface area contributed by atoms with E-state index >= 15 is 0 Å². The molecular formula is C21H19ClN6O5S. The molecule has 176 valence electrons. The third-order valence-corrected chi connectivity index (χ3v) is 8.18. The quantitative estimate of drug-likeness (QED) is 0.291. The van der Waals surface area contributed by atoms with Gasteiger partial charge < -0.3 is 14.2 Å². The molecule has 3 aliphatic heterocycles. The van der Waals surface area contributed by atoms with Crippen LogP contribution < -0.4 is 15.5 Å². The number of ether oxygens (including phenoxy) is 1. The largest absolute Gasteiger partial charge is 0.370 e. The first kappa shape index (κ1) is 21.4. The molecule has 13 heteroatoms. The lowest BCUT2D eigenvalue weighted by molar-refractivity contribution is -0.154. The monoisotopic (exact) mass is 502 g/mol. The lowest BCUT2D eigenvalue weighted by Crippen LogP contribution is -2.76. The summed E-state index contributed by atoms with van der Waals surface area (Å²) in [7, 11) is 0. The average Bonchev–Trinajstić information content (AvgIpc) is 3.39. The highest BCUT2D eigenvalue weighted by Crippen LogP contribution is 2.49. The highest BCUT2D eigenvalue weighted by Gasteiger charge is 2.64. The van der Waals surface area contributed by atoms with Gasteiger partial charge in [0.05, 0.1) is 29.6 Å². The van der Waals surface area contributed by atoms with Crippen LogP contribution in [0.25, 0.3) is 21.8 Å². The standard InChI is InChI=1S/C21H19ClN6O5S/c1-7-6-34-17(23-7)14-13-12(33-27-14)4-11-10(24-13)5-21(18(29)25-20(31)26-19(21)30)15-8(2)32-9(3)16(22)28(11)15/h4,6,8-9,15-16H,5H2,1-3H3,(H2,25,26,29,30,31)/t8-,9+,15+,16?/m0/s1. The molecular weight excluding hydrogens is 484 g/mol. The second kappa shape index (κ2) is 7.20. The number of alkyl halides is 1. The molecule has 1 spiro atoms. The van der Waals surface area contributed by atoms with Crippen molar-refractivity contribution in [1.82, 2.24) is 25.8 Å². The second-order valence-electron chi connectivity index (χ2n) is 8.78. The zero-order valence-electron chi connectivity index (χ0n) is 18.3. The van der Waals surface area contributed by atoms with E-state index < -0.39 is 47.0 Å². The molecule has 2 N–H and O–H groups in total. The van der Waals surface area contributed by atoms with E-state index in [4.69, 9.17) is 25.8 Å². The Kier molecular flexibility index (Phi) is 4.54. The van der Waals surface area contributed by atoms with Gasteiger partial charge in [-0.15, -0.1) is 11.3 Å². The summed E-state index contributed by atoms with van der Waals surface area (Å²) in [4.78, 5) is 49.6. The predicted molar refractivity (Wildman–Crippen MR) is 121 cm³/mol. The van der Waals surface area contributed by atoms with Gasteiger partial charge in [0.2, 0.25) is 11.8 Å². The number of hydrogen-bond donors (Lipinski definition) is 2. The number of aromatic nitrogens is 3. The van der Waals surface area contributed by atoms with Crippen LogP contribution in [0.3, 0.4) is 0 Å². The number of pyridine rings is 1. The van der Waals surface area contributed by atoms with Gasteiger partial charge in [0, 0.05) is 23.6 Å². The van der Waals surface area contributed by atoms with Crippen molar-refractivity contribution in [1.29, 1.82) is 0 Å². The fourth-order valence-electron chi connectivity index (χ4n) is 5.22. The van der Waals surface area contributed by atoms with Crippen molar-refractivity contribution in [3.05, 3.63) is 22.8 Å². The Balaban J connectivity index is 1.59. The average molecular weight is 503 g/mol. The van der Waals surface area contributed by atoms with E-state index in [0.717, 1.165) is 5.69 Å². The molecule has 11 nitrogen and oxygen atoms in total. The number of carbonyl (C=O) groups excluding carboxylic acids is 3. The van der Waals surface area contributed by atoms with Crippen molar-refractivity contribution in [3.8, 4) is 10.7 Å². The summed E-state index contributed by atoms with van der Waals surface area (Å²) in [6.45, 7) is 5.48. The molecule has 4 atom stereocenters. The Morgan fingerprint density at radius 2 is 1.91 bits per heavy atom. The molecule has 2 saturated heterocycles. The van der Waals surface area contributed by atoms with Crippen LogP contribution in [0.5, 0.6) is 0 Å². The van der Waals surface area contributed by atoms with E-state index in [1.165, 1.54) is 11.3 Å². The molecule has 1 unspecified atom stereocenters. The van der Waals surface area contributed by atoms with Gasteiger partial charge in [-0.05, 0) is 20.8 Å². The fraction of sp³-hybridized carbons (Fsp3) is 0.429. The number of halogens is 1. The van der Waals surface area contributed by atoms with E-state index in [9.17, 15) is 14.4 Å². The number of carbonyl (C=O) groups is 3. The maximum absolute atomic E-state index is 13.3. The highest BCUT2D eigenvalue weighted by atomic mass is 35.5. The number of barbiturate groups is 1. The maximum atomic E-state index is 13.3. The lowest BCUT2D eigenvalue weighted by atomic mass is 9.67. The van der Waals surface area contributed by atoms with Crippen molar-refractivity contribution in [3.63, 3.8) is 0 Å². The van der Waals surface area contributed by atoms with Crippen molar-refractivity contribution in [2.24, 2.45) is 5.41 Å². The van der Waals surface area contributed by atoms with Gasteiger partial charge in [0.15, 0.2) is 16.7 Å². The summed E-state index contributed by atoms with van der Waals surface area (Å²) in [6, 6.07) is 0.135. The van der Waals surface area contributed by atoms with Crippen LogP contribution in [0.2, 0.25) is 0 Å². The van der Waals surface area contributed by atoms with Crippen molar-refractivity contribution < 1.29 is 23.6 Å². The van der Waals surface area contributed by atoms with E-state index in [0.29, 0.717) is 33.2 Å². The molecule has 34 heavy (non-hydrogen) atoms. The Bertz CT molecular complexity index is 1370. The van der Waals surface area contributed by atoms with Gasteiger partial charge in [-0.1, -0.05) is 16.8 Å². The molecule has 0 aliphatic carbocycles. The van der Waals surface area contributed by atoms with Crippen molar-refractivity contribution in [2.45, 2.75) is 50.9 Å². The molecule has 2 fully saturated rings. The molecule has 6 rings (SSSR count).